The first-order valence-electron chi connectivity index (χ1n) is 8.84. The van der Waals surface area contributed by atoms with Gasteiger partial charge in [-0.25, -0.2) is 0 Å². The van der Waals surface area contributed by atoms with Crippen LogP contribution in [0, 0.1) is 5.21 Å². The molecule has 1 aliphatic heterocycles. The summed E-state index contributed by atoms with van der Waals surface area (Å²) in [6.45, 7) is 4.92. The molecular weight excluding hydrogens is 234 g/mol. The van der Waals surface area contributed by atoms with Gasteiger partial charge in [0.15, 0.2) is 0 Å². The Kier molecular flexibility index (Phi) is 9.54. The van der Waals surface area contributed by atoms with Crippen LogP contribution in [0.15, 0.2) is 0 Å². The normalized spacial score (nSPS) is 19.3. The van der Waals surface area contributed by atoms with Gasteiger partial charge in [-0.2, -0.15) is 0 Å². The molecule has 0 spiro atoms. The molecule has 0 radical (unpaired) electrons. The van der Waals surface area contributed by atoms with Crippen molar-refractivity contribution in [2.45, 2.75) is 90.4 Å². The van der Waals surface area contributed by atoms with Gasteiger partial charge in [0.1, 0.15) is 0 Å². The van der Waals surface area contributed by atoms with Crippen molar-refractivity contribution in [2.24, 2.45) is 0 Å². The smallest absolute Gasteiger partial charge is 0.0783 e. The first-order chi connectivity index (χ1) is 9.27. The first-order valence-corrected chi connectivity index (χ1v) is 8.84. The predicted octanol–water partition coefficient (Wildman–Crippen LogP) is 5.41. The van der Waals surface area contributed by atoms with Gasteiger partial charge in [-0.05, 0) is 38.5 Å². The van der Waals surface area contributed by atoms with E-state index in [1.807, 2.05) is 0 Å². The van der Waals surface area contributed by atoms with Crippen molar-refractivity contribution in [3.63, 3.8) is 0 Å². The van der Waals surface area contributed by atoms with E-state index >= 15 is 0 Å². The van der Waals surface area contributed by atoms with Crippen LogP contribution in [0.3, 0.4) is 0 Å². The Labute approximate surface area is 120 Å². The highest BCUT2D eigenvalue weighted by atomic mass is 16.5. The highest BCUT2D eigenvalue weighted by molar-refractivity contribution is 4.55. The average molecular weight is 269 g/mol. The van der Waals surface area contributed by atoms with Crippen molar-refractivity contribution in [1.82, 2.24) is 0 Å². The molecule has 0 amide bonds. The highest BCUT2D eigenvalue weighted by Crippen LogP contribution is 2.18. The van der Waals surface area contributed by atoms with Crippen LogP contribution < -0.4 is 0 Å². The molecule has 0 saturated carbocycles. The molecule has 2 heteroatoms. The molecule has 1 saturated heterocycles. The highest BCUT2D eigenvalue weighted by Gasteiger charge is 2.18. The minimum absolute atomic E-state index is 0.122. The molecule has 0 N–H and O–H groups in total. The molecule has 0 atom stereocenters. The molecule has 0 aliphatic carbocycles. The monoisotopic (exact) mass is 269 g/mol. The third kappa shape index (κ3) is 8.65. The Hall–Kier alpha value is -0.0800. The van der Waals surface area contributed by atoms with Crippen molar-refractivity contribution < 1.29 is 4.65 Å². The lowest BCUT2D eigenvalue weighted by atomic mass is 10.1. The fourth-order valence-corrected chi connectivity index (χ4v) is 3.20. The molecule has 0 aromatic heterocycles. The van der Waals surface area contributed by atoms with Crippen molar-refractivity contribution >= 4 is 0 Å². The van der Waals surface area contributed by atoms with Gasteiger partial charge in [-0.1, -0.05) is 51.9 Å². The number of rotatable bonds is 10. The maximum absolute atomic E-state index is 12.5. The van der Waals surface area contributed by atoms with E-state index in [0.29, 0.717) is 0 Å². The number of unbranched alkanes of at least 4 members (excludes halogenated alkanes) is 8. The molecule has 2 nitrogen and oxygen atoms in total. The fourth-order valence-electron chi connectivity index (χ4n) is 3.20. The summed E-state index contributed by atoms with van der Waals surface area (Å²) in [6.07, 6.45) is 17.0. The predicted molar refractivity (Wildman–Crippen MR) is 83.9 cm³/mol. The molecule has 0 unspecified atom stereocenters. The van der Waals surface area contributed by atoms with Crippen molar-refractivity contribution in [3.8, 4) is 0 Å². The lowest BCUT2D eigenvalue weighted by molar-refractivity contribution is -0.880. The first kappa shape index (κ1) is 17.0. The second-order valence-corrected chi connectivity index (χ2v) is 6.47. The number of likely N-dealkylation sites (tertiary alicyclic amines) is 1. The second kappa shape index (κ2) is 10.7. The van der Waals surface area contributed by atoms with Crippen LogP contribution in [0.2, 0.25) is 0 Å². The lowest BCUT2D eigenvalue weighted by Crippen LogP contribution is -2.43. The topological polar surface area (TPSA) is 23.1 Å². The van der Waals surface area contributed by atoms with E-state index in [1.165, 1.54) is 64.2 Å². The van der Waals surface area contributed by atoms with E-state index < -0.39 is 0 Å². The summed E-state index contributed by atoms with van der Waals surface area (Å²) < 4.78 is 0.122. The number of hydrogen-bond donors (Lipinski definition) is 0. The molecule has 1 fully saturated rings. The molecule has 1 rings (SSSR count). The maximum Gasteiger partial charge on any atom is 0.0783 e. The third-order valence-corrected chi connectivity index (χ3v) is 4.55. The molecule has 114 valence electrons. The third-order valence-electron chi connectivity index (χ3n) is 4.55. The molecule has 19 heavy (non-hydrogen) atoms. The molecule has 1 aliphatic rings. The van der Waals surface area contributed by atoms with E-state index in [2.05, 4.69) is 6.92 Å². The van der Waals surface area contributed by atoms with Crippen molar-refractivity contribution in [3.05, 3.63) is 5.21 Å². The maximum atomic E-state index is 12.5. The van der Waals surface area contributed by atoms with E-state index in [4.69, 9.17) is 0 Å². The Balaban J connectivity index is 1.92. The van der Waals surface area contributed by atoms with Gasteiger partial charge >= 0.3 is 0 Å². The largest absolute Gasteiger partial charge is 0.633 e. The summed E-state index contributed by atoms with van der Waals surface area (Å²) in [5.41, 5.74) is 0. The molecule has 0 aromatic carbocycles. The fraction of sp³-hybridized carbons (Fsp3) is 1.00. The zero-order valence-corrected chi connectivity index (χ0v) is 13.2. The number of quaternary nitrogens is 1. The molecule has 0 bridgehead atoms. The second-order valence-electron chi connectivity index (χ2n) is 6.47. The van der Waals surface area contributed by atoms with Crippen LogP contribution in [0.5, 0.6) is 0 Å². The van der Waals surface area contributed by atoms with Gasteiger partial charge in [-0.15, -0.1) is 0 Å². The standard InChI is InChI=1S/C17H35NO/c1-2-3-4-5-6-7-8-9-12-15-18(19)16-13-10-11-14-17-18/h2-17H2,1H3. The van der Waals surface area contributed by atoms with Crippen LogP contribution in [-0.2, 0) is 0 Å². The summed E-state index contributed by atoms with van der Waals surface area (Å²) in [7, 11) is 0. The number of nitrogens with zero attached hydrogens (tertiary/aromatic N) is 1. The summed E-state index contributed by atoms with van der Waals surface area (Å²) in [5.74, 6) is 0. The molecule has 1 heterocycles. The minimum Gasteiger partial charge on any atom is -0.633 e. The number of hydrogen-bond acceptors (Lipinski definition) is 1. The van der Waals surface area contributed by atoms with Crippen LogP contribution in [-0.4, -0.2) is 24.3 Å². The summed E-state index contributed by atoms with van der Waals surface area (Å²) in [5, 5.41) is 12.5. The van der Waals surface area contributed by atoms with Gasteiger partial charge in [0.05, 0.1) is 19.6 Å². The van der Waals surface area contributed by atoms with Crippen LogP contribution in [0.1, 0.15) is 90.4 Å². The van der Waals surface area contributed by atoms with Gasteiger partial charge in [0.25, 0.3) is 0 Å². The summed E-state index contributed by atoms with van der Waals surface area (Å²) >= 11 is 0. The zero-order chi connectivity index (χ0) is 13.8. The zero-order valence-electron chi connectivity index (χ0n) is 13.2. The van der Waals surface area contributed by atoms with E-state index in [1.54, 1.807) is 0 Å². The Morgan fingerprint density at radius 3 is 1.68 bits per heavy atom. The van der Waals surface area contributed by atoms with Crippen LogP contribution in [0.4, 0.5) is 0 Å². The van der Waals surface area contributed by atoms with E-state index in [0.717, 1.165) is 38.9 Å². The molecule has 0 aromatic rings. The van der Waals surface area contributed by atoms with Crippen LogP contribution in [0.25, 0.3) is 0 Å². The Morgan fingerprint density at radius 2 is 1.16 bits per heavy atom. The van der Waals surface area contributed by atoms with Crippen LogP contribution >= 0.6 is 0 Å². The summed E-state index contributed by atoms with van der Waals surface area (Å²) in [4.78, 5) is 0. The van der Waals surface area contributed by atoms with E-state index in [-0.39, 0.29) is 4.65 Å². The molecular formula is C17H35NO. The van der Waals surface area contributed by atoms with Gasteiger partial charge in [0.2, 0.25) is 0 Å². The average Bonchev–Trinajstić information content (AvgIpc) is 2.62. The Morgan fingerprint density at radius 1 is 0.684 bits per heavy atom. The van der Waals surface area contributed by atoms with E-state index in [9.17, 15) is 5.21 Å². The SMILES string of the molecule is CCCCCCCCCCC[N+]1([O-])CCCCCC1. The van der Waals surface area contributed by atoms with Gasteiger partial charge < -0.3 is 9.85 Å². The summed E-state index contributed by atoms with van der Waals surface area (Å²) in [6, 6.07) is 0. The van der Waals surface area contributed by atoms with Gasteiger partial charge in [-0.3, -0.25) is 0 Å². The Bertz CT molecular complexity index is 197. The van der Waals surface area contributed by atoms with Gasteiger partial charge in [0, 0.05) is 0 Å². The quantitative estimate of drug-likeness (QED) is 0.295. The lowest BCUT2D eigenvalue weighted by Gasteiger charge is -2.42. The number of hydroxylamine groups is 3. The minimum atomic E-state index is 0.122. The van der Waals surface area contributed by atoms with Crippen molar-refractivity contribution in [1.29, 1.82) is 0 Å². The van der Waals surface area contributed by atoms with Crippen molar-refractivity contribution in [2.75, 3.05) is 19.6 Å².